The first-order chi connectivity index (χ1) is 12.7. The van der Waals surface area contributed by atoms with E-state index in [-0.39, 0.29) is 16.6 Å². The second-order valence-corrected chi connectivity index (χ2v) is 8.76. The molecule has 1 aliphatic heterocycles. The van der Waals surface area contributed by atoms with Gasteiger partial charge in [0.15, 0.2) is 6.10 Å². The molecule has 144 valence electrons. The molecule has 0 aliphatic carbocycles. The third-order valence-electron chi connectivity index (χ3n) is 4.18. The van der Waals surface area contributed by atoms with Gasteiger partial charge in [0.2, 0.25) is 10.0 Å². The minimum Gasteiger partial charge on any atom is -0.495 e. The number of nitrogens with one attached hydrogen (secondary N) is 1. The van der Waals surface area contributed by atoms with E-state index in [1.54, 1.807) is 24.3 Å². The molecule has 2 aromatic carbocycles. The van der Waals surface area contributed by atoms with Crippen LogP contribution in [-0.2, 0) is 21.2 Å². The molecule has 2 aromatic rings. The van der Waals surface area contributed by atoms with Crippen LogP contribution in [0.3, 0.4) is 0 Å². The Morgan fingerprint density at radius 3 is 2.67 bits per heavy atom. The molecular weight excluding hydrogens is 392 g/mol. The smallest absolute Gasteiger partial charge is 0.265 e. The Bertz CT molecular complexity index is 991. The number of amides is 1. The summed E-state index contributed by atoms with van der Waals surface area (Å²) >= 11 is 5.97. The number of hydrogen-bond acceptors (Lipinski definition) is 5. The maximum Gasteiger partial charge on any atom is 0.265 e. The number of nitrogens with zero attached hydrogens (tertiary/aromatic N) is 1. The topological polar surface area (TPSA) is 84.9 Å². The lowest BCUT2D eigenvalue weighted by Gasteiger charge is -2.16. The molecule has 0 saturated heterocycles. The van der Waals surface area contributed by atoms with Crippen LogP contribution in [-0.4, -0.2) is 45.9 Å². The first-order valence-electron chi connectivity index (χ1n) is 8.09. The molecule has 0 unspecified atom stereocenters. The summed E-state index contributed by atoms with van der Waals surface area (Å²) in [4.78, 5) is 12.5. The third kappa shape index (κ3) is 3.87. The molecule has 1 atom stereocenters. The van der Waals surface area contributed by atoms with E-state index in [4.69, 9.17) is 21.1 Å². The number of carbonyl (C=O) groups is 1. The number of benzene rings is 2. The van der Waals surface area contributed by atoms with Gasteiger partial charge in [-0.15, -0.1) is 0 Å². The van der Waals surface area contributed by atoms with Gasteiger partial charge in [-0.3, -0.25) is 4.79 Å². The molecule has 0 bridgehead atoms. The van der Waals surface area contributed by atoms with E-state index in [1.807, 2.05) is 0 Å². The van der Waals surface area contributed by atoms with Crippen molar-refractivity contribution in [3.63, 3.8) is 0 Å². The number of anilines is 1. The van der Waals surface area contributed by atoms with E-state index in [1.165, 1.54) is 33.3 Å². The second kappa shape index (κ2) is 7.38. The zero-order chi connectivity index (χ0) is 19.8. The van der Waals surface area contributed by atoms with Crippen molar-refractivity contribution in [3.05, 3.63) is 47.0 Å². The summed E-state index contributed by atoms with van der Waals surface area (Å²) < 4.78 is 36.8. The molecule has 9 heteroatoms. The quantitative estimate of drug-likeness (QED) is 0.818. The first kappa shape index (κ1) is 19.5. The highest BCUT2D eigenvalue weighted by molar-refractivity contribution is 7.89. The van der Waals surface area contributed by atoms with Crippen LogP contribution in [0, 0.1) is 0 Å². The molecule has 27 heavy (non-hydrogen) atoms. The summed E-state index contributed by atoms with van der Waals surface area (Å²) in [6, 6.07) is 9.62. The van der Waals surface area contributed by atoms with Crippen molar-refractivity contribution in [3.8, 4) is 11.5 Å². The van der Waals surface area contributed by atoms with E-state index in [2.05, 4.69) is 5.32 Å². The molecule has 0 fully saturated rings. The summed E-state index contributed by atoms with van der Waals surface area (Å²) in [6.45, 7) is 0. The van der Waals surface area contributed by atoms with E-state index in [9.17, 15) is 13.2 Å². The second-order valence-electron chi connectivity index (χ2n) is 6.20. The molecule has 1 amide bonds. The highest BCUT2D eigenvalue weighted by atomic mass is 35.5. The number of ether oxygens (including phenoxy) is 2. The minimum atomic E-state index is -3.73. The van der Waals surface area contributed by atoms with Gasteiger partial charge in [-0.1, -0.05) is 11.6 Å². The molecule has 3 rings (SSSR count). The summed E-state index contributed by atoms with van der Waals surface area (Å²) in [5.74, 6) is 0.437. The molecule has 0 aromatic heterocycles. The van der Waals surface area contributed by atoms with Crippen LogP contribution in [0.1, 0.15) is 5.56 Å². The Morgan fingerprint density at radius 2 is 2.00 bits per heavy atom. The SMILES string of the molecule is COc1ccc(NC(=O)[C@@H]2Cc3cc(Cl)ccc3O2)cc1S(=O)(=O)N(C)C. The predicted molar refractivity (Wildman–Crippen MR) is 102 cm³/mol. The van der Waals surface area contributed by atoms with Gasteiger partial charge in [0.1, 0.15) is 16.4 Å². The van der Waals surface area contributed by atoms with Crippen LogP contribution in [0.15, 0.2) is 41.3 Å². The van der Waals surface area contributed by atoms with Crippen molar-refractivity contribution < 1.29 is 22.7 Å². The van der Waals surface area contributed by atoms with Gasteiger partial charge < -0.3 is 14.8 Å². The fourth-order valence-corrected chi connectivity index (χ4v) is 4.01. The number of carbonyl (C=O) groups excluding carboxylic acids is 1. The average molecular weight is 411 g/mol. The molecule has 0 spiro atoms. The van der Waals surface area contributed by atoms with Crippen LogP contribution in [0.2, 0.25) is 5.02 Å². The molecule has 1 N–H and O–H groups in total. The normalized spacial score (nSPS) is 16.0. The van der Waals surface area contributed by atoms with E-state index in [0.717, 1.165) is 9.87 Å². The Kier molecular flexibility index (Phi) is 5.32. The highest BCUT2D eigenvalue weighted by Crippen LogP contribution is 2.32. The lowest BCUT2D eigenvalue weighted by Crippen LogP contribution is -2.31. The summed E-state index contributed by atoms with van der Waals surface area (Å²) in [5.41, 5.74) is 1.19. The van der Waals surface area contributed by atoms with Crippen LogP contribution in [0.4, 0.5) is 5.69 Å². The third-order valence-corrected chi connectivity index (χ3v) is 6.25. The maximum absolute atomic E-state index is 12.6. The predicted octanol–water partition coefficient (Wildman–Crippen LogP) is 2.54. The summed E-state index contributed by atoms with van der Waals surface area (Å²) in [7, 11) is 0.502. The Hall–Kier alpha value is -2.29. The zero-order valence-electron chi connectivity index (χ0n) is 15.0. The van der Waals surface area contributed by atoms with Crippen LogP contribution in [0.5, 0.6) is 11.5 Å². The average Bonchev–Trinajstić information content (AvgIpc) is 3.04. The summed E-state index contributed by atoms with van der Waals surface area (Å²) in [6.07, 6.45) is -0.324. The Morgan fingerprint density at radius 1 is 1.26 bits per heavy atom. The minimum absolute atomic E-state index is 0.0322. The van der Waals surface area contributed by atoms with Crippen LogP contribution >= 0.6 is 11.6 Å². The number of hydrogen-bond donors (Lipinski definition) is 1. The van der Waals surface area contributed by atoms with Gasteiger partial charge in [0, 0.05) is 31.2 Å². The van der Waals surface area contributed by atoms with Crippen molar-refractivity contribution in [1.29, 1.82) is 0 Å². The van der Waals surface area contributed by atoms with Crippen molar-refractivity contribution in [1.82, 2.24) is 4.31 Å². The van der Waals surface area contributed by atoms with E-state index in [0.29, 0.717) is 22.9 Å². The molecule has 0 saturated carbocycles. The Balaban J connectivity index is 1.81. The number of halogens is 1. The summed E-state index contributed by atoms with van der Waals surface area (Å²) in [5, 5.41) is 3.28. The number of rotatable bonds is 5. The monoisotopic (exact) mass is 410 g/mol. The Labute approximate surface area is 162 Å². The van der Waals surface area contributed by atoms with Gasteiger partial charge >= 0.3 is 0 Å². The standard InChI is InChI=1S/C18H19ClN2O5S/c1-21(2)27(23,24)17-10-13(5-7-15(17)25-3)20-18(22)16-9-11-8-12(19)4-6-14(11)26-16/h4-8,10,16H,9H2,1-3H3,(H,20,22)/t16-/m0/s1. The zero-order valence-corrected chi connectivity index (χ0v) is 16.6. The number of sulfonamides is 1. The number of methoxy groups -OCH3 is 1. The van der Waals surface area contributed by atoms with Gasteiger partial charge in [-0.05, 0) is 42.0 Å². The van der Waals surface area contributed by atoms with Crippen LogP contribution in [0.25, 0.3) is 0 Å². The molecule has 7 nitrogen and oxygen atoms in total. The van der Waals surface area contributed by atoms with Crippen molar-refractivity contribution in [2.24, 2.45) is 0 Å². The lowest BCUT2D eigenvalue weighted by molar-refractivity contribution is -0.122. The number of fused-ring (bicyclic) bond motifs is 1. The largest absolute Gasteiger partial charge is 0.495 e. The van der Waals surface area contributed by atoms with Gasteiger partial charge in [0.25, 0.3) is 5.91 Å². The van der Waals surface area contributed by atoms with E-state index >= 15 is 0 Å². The molecule has 0 radical (unpaired) electrons. The van der Waals surface area contributed by atoms with Gasteiger partial charge in [-0.25, -0.2) is 12.7 Å². The first-order valence-corrected chi connectivity index (χ1v) is 9.90. The maximum atomic E-state index is 12.6. The lowest BCUT2D eigenvalue weighted by atomic mass is 10.1. The fourth-order valence-electron chi connectivity index (χ4n) is 2.74. The van der Waals surface area contributed by atoms with E-state index < -0.39 is 16.1 Å². The van der Waals surface area contributed by atoms with Gasteiger partial charge in [-0.2, -0.15) is 0 Å². The van der Waals surface area contributed by atoms with Gasteiger partial charge in [0.05, 0.1) is 7.11 Å². The van der Waals surface area contributed by atoms with Crippen molar-refractivity contribution in [2.45, 2.75) is 17.4 Å². The van der Waals surface area contributed by atoms with Crippen molar-refractivity contribution >= 4 is 33.2 Å². The highest BCUT2D eigenvalue weighted by Gasteiger charge is 2.30. The molecule has 1 aliphatic rings. The fraction of sp³-hybridized carbons (Fsp3) is 0.278. The molecule has 1 heterocycles. The van der Waals surface area contributed by atoms with Crippen molar-refractivity contribution in [2.75, 3.05) is 26.5 Å². The molecular formula is C18H19ClN2O5S. The van der Waals surface area contributed by atoms with Crippen LogP contribution < -0.4 is 14.8 Å².